The van der Waals surface area contributed by atoms with E-state index < -0.39 is 11.6 Å². The van der Waals surface area contributed by atoms with Crippen molar-refractivity contribution in [2.24, 2.45) is 0 Å². The van der Waals surface area contributed by atoms with Gasteiger partial charge in [0, 0.05) is 11.6 Å². The fourth-order valence-electron chi connectivity index (χ4n) is 2.55. The van der Waals surface area contributed by atoms with Crippen molar-refractivity contribution in [1.29, 1.82) is 0 Å². The predicted molar refractivity (Wildman–Crippen MR) is 72.2 cm³/mol. The lowest BCUT2D eigenvalue weighted by Gasteiger charge is -2.22. The van der Waals surface area contributed by atoms with Crippen LogP contribution in [0.5, 0.6) is 0 Å². The van der Waals surface area contributed by atoms with Crippen LogP contribution in [0.2, 0.25) is 5.02 Å². The molecular weight excluding hydrogens is 268 g/mol. The molecule has 0 aromatic heterocycles. The quantitative estimate of drug-likeness (QED) is 0.834. The third kappa shape index (κ3) is 2.13. The molecule has 98 valence electrons. The molecule has 0 saturated carbocycles. The molecule has 0 unspecified atom stereocenters. The number of rotatable bonds is 1. The first-order valence-electron chi connectivity index (χ1n) is 6.14. The minimum absolute atomic E-state index is 0.0270. The molecule has 1 aliphatic rings. The Morgan fingerprint density at radius 2 is 1.74 bits per heavy atom. The van der Waals surface area contributed by atoms with Gasteiger partial charge in [0.25, 0.3) is 0 Å². The van der Waals surface area contributed by atoms with E-state index >= 15 is 0 Å². The Morgan fingerprint density at radius 1 is 1.00 bits per heavy atom. The van der Waals surface area contributed by atoms with Crippen LogP contribution in [0.25, 0.3) is 11.1 Å². The fraction of sp³-hybridized carbons (Fsp3) is 0.200. The first kappa shape index (κ1) is 12.6. The molecule has 0 saturated heterocycles. The van der Waals surface area contributed by atoms with Crippen LogP contribution in [0.15, 0.2) is 30.3 Å². The first-order chi connectivity index (χ1) is 9.18. The van der Waals surface area contributed by atoms with Crippen LogP contribution in [-0.2, 0) is 13.0 Å². The average Bonchev–Trinajstić information content (AvgIpc) is 2.41. The third-order valence-corrected chi connectivity index (χ3v) is 3.81. The van der Waals surface area contributed by atoms with E-state index in [4.69, 9.17) is 11.6 Å². The zero-order valence-electron chi connectivity index (χ0n) is 10.1. The van der Waals surface area contributed by atoms with Gasteiger partial charge in [-0.1, -0.05) is 23.7 Å². The van der Waals surface area contributed by atoms with Gasteiger partial charge in [0.2, 0.25) is 0 Å². The van der Waals surface area contributed by atoms with Crippen molar-refractivity contribution in [2.45, 2.75) is 13.0 Å². The van der Waals surface area contributed by atoms with Gasteiger partial charge in [0.1, 0.15) is 11.6 Å². The van der Waals surface area contributed by atoms with E-state index in [1.54, 1.807) is 12.1 Å². The van der Waals surface area contributed by atoms with E-state index in [0.29, 0.717) is 17.1 Å². The summed E-state index contributed by atoms with van der Waals surface area (Å²) in [6, 6.07) is 7.32. The molecule has 1 heterocycles. The number of fused-ring (bicyclic) bond motifs is 1. The van der Waals surface area contributed by atoms with Gasteiger partial charge in [-0.3, -0.25) is 0 Å². The molecule has 0 fully saturated rings. The highest BCUT2D eigenvalue weighted by molar-refractivity contribution is 6.31. The van der Waals surface area contributed by atoms with Gasteiger partial charge in [0.15, 0.2) is 0 Å². The van der Waals surface area contributed by atoms with E-state index in [1.807, 2.05) is 0 Å². The summed E-state index contributed by atoms with van der Waals surface area (Å²) in [5.74, 6) is -1.09. The highest BCUT2D eigenvalue weighted by Gasteiger charge is 2.20. The summed E-state index contributed by atoms with van der Waals surface area (Å²) < 4.78 is 27.8. The Kier molecular flexibility index (Phi) is 3.25. The van der Waals surface area contributed by atoms with E-state index in [0.717, 1.165) is 24.1 Å². The van der Waals surface area contributed by atoms with Crippen LogP contribution >= 0.6 is 11.6 Å². The summed E-state index contributed by atoms with van der Waals surface area (Å²) in [4.78, 5) is 0. The van der Waals surface area contributed by atoms with Crippen LogP contribution in [-0.4, -0.2) is 6.54 Å². The minimum atomic E-state index is -0.546. The molecule has 4 heteroatoms. The summed E-state index contributed by atoms with van der Waals surface area (Å²) in [6.45, 7) is 1.41. The van der Waals surface area contributed by atoms with Crippen LogP contribution < -0.4 is 5.32 Å². The average molecular weight is 280 g/mol. The Morgan fingerprint density at radius 3 is 2.47 bits per heavy atom. The van der Waals surface area contributed by atoms with Gasteiger partial charge >= 0.3 is 0 Å². The summed E-state index contributed by atoms with van der Waals surface area (Å²) in [5.41, 5.74) is 2.49. The molecule has 2 aromatic carbocycles. The summed E-state index contributed by atoms with van der Waals surface area (Å²) in [7, 11) is 0. The van der Waals surface area contributed by atoms with Gasteiger partial charge in [-0.25, -0.2) is 8.78 Å². The maximum absolute atomic E-state index is 13.9. The number of hydrogen-bond acceptors (Lipinski definition) is 1. The molecule has 0 radical (unpaired) electrons. The molecule has 0 atom stereocenters. The minimum Gasteiger partial charge on any atom is -0.312 e. The second-order valence-electron chi connectivity index (χ2n) is 4.58. The van der Waals surface area contributed by atoms with E-state index in [9.17, 15) is 8.78 Å². The van der Waals surface area contributed by atoms with E-state index in [1.165, 1.54) is 18.2 Å². The molecular formula is C15H12ClF2N. The lowest BCUT2D eigenvalue weighted by molar-refractivity contribution is 0.587. The zero-order chi connectivity index (χ0) is 13.4. The highest BCUT2D eigenvalue weighted by atomic mass is 35.5. The molecule has 19 heavy (non-hydrogen) atoms. The fourth-order valence-corrected chi connectivity index (χ4v) is 2.82. The van der Waals surface area contributed by atoms with Crippen LogP contribution in [0.4, 0.5) is 8.78 Å². The van der Waals surface area contributed by atoms with Crippen LogP contribution in [0, 0.1) is 11.6 Å². The Labute approximate surface area is 115 Å². The monoisotopic (exact) mass is 279 g/mol. The molecule has 1 aliphatic heterocycles. The van der Waals surface area contributed by atoms with E-state index in [2.05, 4.69) is 5.32 Å². The van der Waals surface area contributed by atoms with Gasteiger partial charge in [0.05, 0.1) is 5.56 Å². The van der Waals surface area contributed by atoms with Gasteiger partial charge in [-0.2, -0.15) is 0 Å². The highest BCUT2D eigenvalue weighted by Crippen LogP contribution is 2.35. The molecule has 0 amide bonds. The molecule has 0 spiro atoms. The van der Waals surface area contributed by atoms with Gasteiger partial charge < -0.3 is 5.32 Å². The molecule has 2 aromatic rings. The maximum atomic E-state index is 13.9. The number of benzene rings is 2. The topological polar surface area (TPSA) is 12.0 Å². The van der Waals surface area contributed by atoms with Crippen molar-refractivity contribution < 1.29 is 8.78 Å². The van der Waals surface area contributed by atoms with Crippen molar-refractivity contribution in [3.63, 3.8) is 0 Å². The second kappa shape index (κ2) is 4.91. The van der Waals surface area contributed by atoms with Crippen LogP contribution in [0.1, 0.15) is 11.1 Å². The summed E-state index contributed by atoms with van der Waals surface area (Å²) >= 11 is 6.17. The standard InChI is InChI=1S/C15H12ClF2N/c16-12-5-4-10(11-8-19-7-6-9(11)12)15-13(17)2-1-3-14(15)18/h1-5,19H,6-8H2. The normalized spacial score (nSPS) is 14.3. The van der Waals surface area contributed by atoms with Crippen molar-refractivity contribution >= 4 is 11.6 Å². The largest absolute Gasteiger partial charge is 0.312 e. The summed E-state index contributed by atoms with van der Waals surface area (Å²) in [5, 5.41) is 3.88. The lowest BCUT2D eigenvalue weighted by atomic mass is 9.91. The van der Waals surface area contributed by atoms with E-state index in [-0.39, 0.29) is 5.56 Å². The predicted octanol–water partition coefficient (Wildman–Crippen LogP) is 3.93. The Balaban J connectivity index is 2.26. The molecule has 1 N–H and O–H groups in total. The summed E-state index contributed by atoms with van der Waals surface area (Å²) in [6.07, 6.45) is 0.776. The van der Waals surface area contributed by atoms with Crippen molar-refractivity contribution in [1.82, 2.24) is 5.32 Å². The number of halogens is 3. The van der Waals surface area contributed by atoms with Crippen LogP contribution in [0.3, 0.4) is 0 Å². The second-order valence-corrected chi connectivity index (χ2v) is 4.98. The Bertz CT molecular complexity index is 620. The lowest BCUT2D eigenvalue weighted by Crippen LogP contribution is -2.24. The molecule has 3 rings (SSSR count). The smallest absolute Gasteiger partial charge is 0.133 e. The molecule has 1 nitrogen and oxygen atoms in total. The SMILES string of the molecule is Fc1cccc(F)c1-c1ccc(Cl)c2c1CNCC2. The van der Waals surface area contributed by atoms with Crippen molar-refractivity contribution in [3.8, 4) is 11.1 Å². The molecule has 0 aliphatic carbocycles. The van der Waals surface area contributed by atoms with Gasteiger partial charge in [-0.15, -0.1) is 0 Å². The maximum Gasteiger partial charge on any atom is 0.133 e. The molecule has 0 bridgehead atoms. The first-order valence-corrected chi connectivity index (χ1v) is 6.51. The Hall–Kier alpha value is -1.45. The number of nitrogens with one attached hydrogen (secondary N) is 1. The van der Waals surface area contributed by atoms with Crippen molar-refractivity contribution in [3.05, 3.63) is 58.1 Å². The zero-order valence-corrected chi connectivity index (χ0v) is 10.9. The van der Waals surface area contributed by atoms with Gasteiger partial charge in [-0.05, 0) is 47.9 Å². The van der Waals surface area contributed by atoms with Crippen molar-refractivity contribution in [2.75, 3.05) is 6.54 Å². The third-order valence-electron chi connectivity index (χ3n) is 3.46. The number of hydrogen-bond donors (Lipinski definition) is 1.